The molecule has 17 nitrogen and oxygen atoms in total. The molecular formula is C12H6Br2Cl4N4O13S. The van der Waals surface area contributed by atoms with Crippen molar-refractivity contribution in [2.45, 2.75) is 0 Å². The van der Waals surface area contributed by atoms with Crippen molar-refractivity contribution in [3.05, 3.63) is 87.7 Å². The van der Waals surface area contributed by atoms with Gasteiger partial charge in [-0.05, 0) is 31.9 Å². The number of nitro benzene ring substituents is 3. The topological polar surface area (TPSA) is 267 Å². The fourth-order valence-electron chi connectivity index (χ4n) is 1.53. The highest BCUT2D eigenvalue weighted by molar-refractivity contribution is 9.11. The Kier molecular flexibility index (Phi) is 15.8. The average molecular weight is 748 g/mol. The Morgan fingerprint density at radius 2 is 1.06 bits per heavy atom. The van der Waals surface area contributed by atoms with E-state index >= 15 is 0 Å². The van der Waals surface area contributed by atoms with E-state index in [-0.39, 0.29) is 30.3 Å². The average Bonchev–Trinajstić information content (AvgIpc) is 2.67. The van der Waals surface area contributed by atoms with Crippen molar-refractivity contribution >= 4 is 106 Å². The Labute approximate surface area is 234 Å². The smallest absolute Gasteiger partial charge is 0.328 e. The summed E-state index contributed by atoms with van der Waals surface area (Å²) in [6, 6.07) is 3.34. The first-order valence-corrected chi connectivity index (χ1v) is 11.9. The van der Waals surface area contributed by atoms with E-state index in [9.17, 15) is 30.3 Å². The Hall–Kier alpha value is -2.17. The van der Waals surface area contributed by atoms with Crippen LogP contribution in [0.4, 0.5) is 17.1 Å². The second kappa shape index (κ2) is 15.8. The highest BCUT2D eigenvalue weighted by Crippen LogP contribution is 2.43. The van der Waals surface area contributed by atoms with Crippen LogP contribution in [0.15, 0.2) is 27.1 Å². The van der Waals surface area contributed by atoms with Crippen LogP contribution >= 0.6 is 78.3 Å². The van der Waals surface area contributed by atoms with Crippen LogP contribution in [0.3, 0.4) is 0 Å². The van der Waals surface area contributed by atoms with Crippen molar-refractivity contribution in [2.75, 3.05) is 0 Å². The lowest BCUT2D eigenvalue weighted by Gasteiger charge is -2.01. The molecule has 0 radical (unpaired) electrons. The molecule has 0 saturated carbocycles. The minimum atomic E-state index is -4.67. The van der Waals surface area contributed by atoms with Crippen LogP contribution in [-0.2, 0) is 10.4 Å². The molecule has 2 aromatic rings. The van der Waals surface area contributed by atoms with E-state index in [2.05, 4.69) is 31.9 Å². The molecule has 36 heavy (non-hydrogen) atoms. The van der Waals surface area contributed by atoms with Crippen LogP contribution in [0.5, 0.6) is 0 Å². The first kappa shape index (κ1) is 36.0. The van der Waals surface area contributed by atoms with E-state index in [1.54, 1.807) is 0 Å². The molecule has 0 fully saturated rings. The molecule has 0 spiro atoms. The SMILES string of the molecule is O=S(=O)(O)O.O=[N+]([O-])O.O=[N+]([O-])c1cc(Cl)c(Br)c(Cl)c1.O=[N+]([O-])c1cc(Cl)c(Br)c(Cl)c1[N+](=O)[O-]. The zero-order chi connectivity index (χ0) is 29.1. The van der Waals surface area contributed by atoms with Gasteiger partial charge in [0.1, 0.15) is 5.02 Å². The molecule has 0 unspecified atom stereocenters. The molecule has 0 heterocycles. The van der Waals surface area contributed by atoms with Crippen molar-refractivity contribution in [3.8, 4) is 0 Å². The lowest BCUT2D eigenvalue weighted by atomic mass is 10.3. The Bertz CT molecular complexity index is 1250. The van der Waals surface area contributed by atoms with E-state index < -0.39 is 41.6 Å². The maximum absolute atomic E-state index is 10.6. The number of non-ortho nitro benzene ring substituents is 1. The van der Waals surface area contributed by atoms with Gasteiger partial charge in [0, 0.05) is 18.2 Å². The summed E-state index contributed by atoms with van der Waals surface area (Å²) < 4.78 is 32.1. The Balaban J connectivity index is 0. The third-order valence-corrected chi connectivity index (χ3v) is 6.53. The van der Waals surface area contributed by atoms with Gasteiger partial charge in [-0.15, -0.1) is 10.1 Å². The molecule has 2 rings (SSSR count). The lowest BCUT2D eigenvalue weighted by molar-refractivity contribution is -0.742. The summed E-state index contributed by atoms with van der Waals surface area (Å²) in [6.07, 6.45) is 0. The maximum Gasteiger partial charge on any atom is 0.394 e. The molecule has 0 aromatic heterocycles. The van der Waals surface area contributed by atoms with Gasteiger partial charge in [-0.25, -0.2) is 0 Å². The van der Waals surface area contributed by atoms with E-state index in [0.29, 0.717) is 4.47 Å². The number of benzene rings is 2. The van der Waals surface area contributed by atoms with Crippen LogP contribution < -0.4 is 0 Å². The predicted molar refractivity (Wildman–Crippen MR) is 131 cm³/mol. The summed E-state index contributed by atoms with van der Waals surface area (Å²) >= 11 is 28.4. The maximum atomic E-state index is 10.6. The van der Waals surface area contributed by atoms with Gasteiger partial charge < -0.3 is 5.21 Å². The largest absolute Gasteiger partial charge is 0.394 e. The van der Waals surface area contributed by atoms with Crippen molar-refractivity contribution < 1.29 is 42.6 Å². The number of hydrogen-bond acceptors (Lipinski definition) is 10. The second-order valence-corrected chi connectivity index (χ2v) is 9.12. The quantitative estimate of drug-likeness (QED) is 0.136. The summed E-state index contributed by atoms with van der Waals surface area (Å²) in [6.45, 7) is 0. The molecule has 0 bridgehead atoms. The van der Waals surface area contributed by atoms with Crippen molar-refractivity contribution in [3.63, 3.8) is 0 Å². The molecule has 24 heteroatoms. The van der Waals surface area contributed by atoms with Gasteiger partial charge in [-0.1, -0.05) is 46.4 Å². The van der Waals surface area contributed by atoms with Crippen LogP contribution in [0.1, 0.15) is 0 Å². The highest BCUT2D eigenvalue weighted by atomic mass is 79.9. The van der Waals surface area contributed by atoms with E-state index in [1.165, 1.54) is 12.1 Å². The van der Waals surface area contributed by atoms with Crippen LogP contribution in [-0.4, -0.2) is 42.6 Å². The van der Waals surface area contributed by atoms with Crippen molar-refractivity contribution in [2.24, 2.45) is 0 Å². The predicted octanol–water partition coefficient (Wildman–Crippen LogP) is 6.24. The van der Waals surface area contributed by atoms with Gasteiger partial charge in [0.2, 0.25) is 0 Å². The van der Waals surface area contributed by atoms with Crippen molar-refractivity contribution in [1.82, 2.24) is 0 Å². The minimum Gasteiger partial charge on any atom is -0.328 e. The van der Waals surface area contributed by atoms with Gasteiger partial charge in [0.05, 0.1) is 38.8 Å². The molecule has 0 amide bonds. The molecule has 0 aliphatic carbocycles. The molecule has 0 aliphatic heterocycles. The fraction of sp³-hybridized carbons (Fsp3) is 0. The normalized spacial score (nSPS) is 9.78. The van der Waals surface area contributed by atoms with Crippen LogP contribution in [0, 0.1) is 40.5 Å². The van der Waals surface area contributed by atoms with E-state index in [4.69, 9.17) is 79.2 Å². The number of nitro groups is 3. The zero-order valence-corrected chi connectivity index (χ0v) is 23.1. The summed E-state index contributed by atoms with van der Waals surface area (Å²) in [5.74, 6) is 0. The van der Waals surface area contributed by atoms with Gasteiger partial charge in [-0.2, -0.15) is 8.42 Å². The first-order chi connectivity index (χ1) is 16.1. The van der Waals surface area contributed by atoms with Crippen LogP contribution in [0.2, 0.25) is 20.1 Å². The van der Waals surface area contributed by atoms with Gasteiger partial charge in [0.25, 0.3) is 10.8 Å². The third-order valence-electron chi connectivity index (χ3n) is 2.68. The Morgan fingerprint density at radius 1 is 0.722 bits per heavy atom. The summed E-state index contributed by atoms with van der Waals surface area (Å²) in [4.78, 5) is 37.3. The van der Waals surface area contributed by atoms with Crippen LogP contribution in [0.25, 0.3) is 0 Å². The minimum absolute atomic E-state index is 0.0581. The molecule has 2 aromatic carbocycles. The zero-order valence-electron chi connectivity index (χ0n) is 16.1. The lowest BCUT2D eigenvalue weighted by Crippen LogP contribution is -1.98. The third kappa shape index (κ3) is 14.4. The fourth-order valence-corrected chi connectivity index (χ4v) is 3.05. The van der Waals surface area contributed by atoms with Gasteiger partial charge >= 0.3 is 21.8 Å². The monoisotopic (exact) mass is 744 g/mol. The van der Waals surface area contributed by atoms with Crippen molar-refractivity contribution in [1.29, 1.82) is 0 Å². The summed E-state index contributed by atoms with van der Waals surface area (Å²) in [5, 5.41) is 45.0. The van der Waals surface area contributed by atoms with E-state index in [1.807, 2.05) is 0 Å². The first-order valence-electron chi connectivity index (χ1n) is 7.40. The number of nitrogens with zero attached hydrogens (tertiary/aromatic N) is 4. The Morgan fingerprint density at radius 3 is 1.33 bits per heavy atom. The molecule has 0 saturated heterocycles. The molecular weight excluding hydrogens is 742 g/mol. The number of rotatable bonds is 3. The number of halogens is 6. The summed E-state index contributed by atoms with van der Waals surface area (Å²) in [5.41, 5.74) is -1.63. The highest BCUT2D eigenvalue weighted by Gasteiger charge is 2.31. The van der Waals surface area contributed by atoms with Gasteiger partial charge in [0.15, 0.2) is 0 Å². The summed E-state index contributed by atoms with van der Waals surface area (Å²) in [7, 11) is -4.67. The standard InChI is InChI=1S/C6HBrCl2N2O4.C6H2BrCl2NO2.HNO3.H2O4S/c7-4-2(8)1-3(10(12)13)6(5(4)9)11(14)15;7-6-4(8)1-3(10(11)12)2-5(6)9;2-1(3)4;1-5(2,3)4/h1H;1-2H;(H,2,3,4);(H2,1,2,3,4). The molecule has 200 valence electrons. The number of hydrogen-bond donors (Lipinski definition) is 3. The molecule has 0 atom stereocenters. The molecule has 0 aliphatic rings. The van der Waals surface area contributed by atoms with E-state index in [0.717, 1.165) is 6.07 Å². The van der Waals surface area contributed by atoms with Gasteiger partial charge in [-0.3, -0.25) is 39.4 Å². The molecule has 3 N–H and O–H groups in total. The second-order valence-electron chi connectivity index (χ2n) is 5.03.